The Kier molecular flexibility index (Phi) is 4.60. The highest BCUT2D eigenvalue weighted by Crippen LogP contribution is 2.26. The molecular weight excluding hydrogens is 318 g/mol. The van der Waals surface area contributed by atoms with Crippen molar-refractivity contribution in [3.63, 3.8) is 0 Å². The van der Waals surface area contributed by atoms with Gasteiger partial charge in [0.2, 0.25) is 0 Å². The predicted molar refractivity (Wildman–Crippen MR) is 95.9 cm³/mol. The highest BCUT2D eigenvalue weighted by molar-refractivity contribution is 5.52. The zero-order chi connectivity index (χ0) is 17.1. The van der Waals surface area contributed by atoms with E-state index in [1.165, 1.54) is 0 Å². The molecule has 2 aromatic rings. The molecule has 4 heterocycles. The molecule has 2 saturated heterocycles. The van der Waals surface area contributed by atoms with Gasteiger partial charge in [-0.3, -0.25) is 0 Å². The third-order valence-electron chi connectivity index (χ3n) is 5.01. The molecule has 132 valence electrons. The number of anilines is 3. The summed E-state index contributed by atoms with van der Waals surface area (Å²) < 4.78 is 0. The number of piperazine rings is 1. The van der Waals surface area contributed by atoms with Crippen LogP contribution in [0.15, 0.2) is 30.7 Å². The molecule has 2 aliphatic heterocycles. The minimum Gasteiger partial charge on any atom is -0.394 e. The van der Waals surface area contributed by atoms with E-state index >= 15 is 0 Å². The van der Waals surface area contributed by atoms with Crippen LogP contribution in [0.25, 0.3) is 0 Å². The molecule has 0 bridgehead atoms. The first kappa shape index (κ1) is 16.0. The minimum atomic E-state index is 0.177. The molecule has 4 rings (SSSR count). The van der Waals surface area contributed by atoms with E-state index in [-0.39, 0.29) is 12.6 Å². The molecule has 0 aromatic carbocycles. The third kappa shape index (κ3) is 3.34. The van der Waals surface area contributed by atoms with Gasteiger partial charge in [0, 0.05) is 45.0 Å². The Labute approximate surface area is 147 Å². The molecule has 0 unspecified atom stereocenters. The van der Waals surface area contributed by atoms with Crippen molar-refractivity contribution < 1.29 is 5.11 Å². The van der Waals surface area contributed by atoms with Crippen molar-refractivity contribution in [2.24, 2.45) is 0 Å². The van der Waals surface area contributed by atoms with E-state index in [1.54, 1.807) is 12.5 Å². The Balaban J connectivity index is 1.44. The standard InChI is InChI=1S/C17H23N7O/c25-12-14-3-2-6-24(14)17-11-16(18-13-19-17)23-9-7-22(8-10-23)15-4-1-5-20-21-15/h1,4-5,11,13-14,25H,2-3,6-10,12H2/t14-/m0/s1. The maximum atomic E-state index is 9.54. The first-order valence-electron chi connectivity index (χ1n) is 8.82. The van der Waals surface area contributed by atoms with Crippen molar-refractivity contribution in [1.29, 1.82) is 0 Å². The molecule has 8 heteroatoms. The Hall–Kier alpha value is -2.48. The van der Waals surface area contributed by atoms with Crippen LogP contribution in [0, 0.1) is 0 Å². The molecule has 8 nitrogen and oxygen atoms in total. The predicted octanol–water partition coefficient (Wildman–Crippen LogP) is 0.554. The maximum absolute atomic E-state index is 9.54. The second-order valence-corrected chi connectivity index (χ2v) is 6.46. The number of hydrogen-bond acceptors (Lipinski definition) is 8. The molecule has 1 atom stereocenters. The van der Waals surface area contributed by atoms with Gasteiger partial charge in [0.25, 0.3) is 0 Å². The summed E-state index contributed by atoms with van der Waals surface area (Å²) in [5.74, 6) is 2.79. The monoisotopic (exact) mass is 341 g/mol. The number of aliphatic hydroxyl groups is 1. The van der Waals surface area contributed by atoms with Gasteiger partial charge in [0.1, 0.15) is 18.0 Å². The Morgan fingerprint density at radius 2 is 1.76 bits per heavy atom. The summed E-state index contributed by atoms with van der Waals surface area (Å²) >= 11 is 0. The van der Waals surface area contributed by atoms with Crippen molar-refractivity contribution in [2.45, 2.75) is 18.9 Å². The lowest BCUT2D eigenvalue weighted by Crippen LogP contribution is -2.47. The van der Waals surface area contributed by atoms with Gasteiger partial charge in [-0.05, 0) is 25.0 Å². The van der Waals surface area contributed by atoms with Gasteiger partial charge >= 0.3 is 0 Å². The van der Waals surface area contributed by atoms with Crippen LogP contribution in [0.3, 0.4) is 0 Å². The van der Waals surface area contributed by atoms with Crippen LogP contribution in [0.2, 0.25) is 0 Å². The van der Waals surface area contributed by atoms with Gasteiger partial charge < -0.3 is 19.8 Å². The first-order chi connectivity index (χ1) is 12.3. The summed E-state index contributed by atoms with van der Waals surface area (Å²) in [7, 11) is 0. The molecule has 0 radical (unpaired) electrons. The molecule has 25 heavy (non-hydrogen) atoms. The molecule has 2 aromatic heterocycles. The van der Waals surface area contributed by atoms with E-state index in [1.807, 2.05) is 18.2 Å². The van der Waals surface area contributed by atoms with Crippen molar-refractivity contribution in [3.8, 4) is 0 Å². The van der Waals surface area contributed by atoms with E-state index < -0.39 is 0 Å². The van der Waals surface area contributed by atoms with Crippen molar-refractivity contribution in [1.82, 2.24) is 20.2 Å². The number of aliphatic hydroxyl groups excluding tert-OH is 1. The fourth-order valence-corrected chi connectivity index (χ4v) is 3.62. The minimum absolute atomic E-state index is 0.177. The quantitative estimate of drug-likeness (QED) is 0.864. The van der Waals surface area contributed by atoms with Gasteiger partial charge in [-0.25, -0.2) is 9.97 Å². The van der Waals surface area contributed by atoms with Crippen LogP contribution >= 0.6 is 0 Å². The highest BCUT2D eigenvalue weighted by Gasteiger charge is 2.26. The number of nitrogens with zero attached hydrogens (tertiary/aromatic N) is 7. The topological polar surface area (TPSA) is 81.5 Å². The smallest absolute Gasteiger partial charge is 0.151 e. The number of rotatable bonds is 4. The Morgan fingerprint density at radius 3 is 2.48 bits per heavy atom. The lowest BCUT2D eigenvalue weighted by atomic mass is 10.2. The Morgan fingerprint density at radius 1 is 1.00 bits per heavy atom. The largest absolute Gasteiger partial charge is 0.394 e. The van der Waals surface area contributed by atoms with Crippen molar-refractivity contribution in [2.75, 3.05) is 54.0 Å². The van der Waals surface area contributed by atoms with Crippen LogP contribution in [-0.4, -0.2) is 70.6 Å². The summed E-state index contributed by atoms with van der Waals surface area (Å²) in [6.45, 7) is 4.67. The normalized spacial score (nSPS) is 21.0. The molecule has 0 spiro atoms. The van der Waals surface area contributed by atoms with E-state index in [9.17, 15) is 5.11 Å². The van der Waals surface area contributed by atoms with Crippen LogP contribution in [-0.2, 0) is 0 Å². The molecule has 0 aliphatic carbocycles. The van der Waals surface area contributed by atoms with Gasteiger partial charge in [-0.15, -0.1) is 5.10 Å². The highest BCUT2D eigenvalue weighted by atomic mass is 16.3. The summed E-state index contributed by atoms with van der Waals surface area (Å²) in [6.07, 6.45) is 5.45. The molecule has 1 N–H and O–H groups in total. The summed E-state index contributed by atoms with van der Waals surface area (Å²) in [4.78, 5) is 15.6. The Bertz CT molecular complexity index is 690. The zero-order valence-corrected chi connectivity index (χ0v) is 14.2. The van der Waals surface area contributed by atoms with E-state index in [0.717, 1.165) is 63.0 Å². The average molecular weight is 341 g/mol. The van der Waals surface area contributed by atoms with Crippen LogP contribution in [0.5, 0.6) is 0 Å². The molecule has 0 saturated carbocycles. The SMILES string of the molecule is OC[C@@H]1CCCN1c1cc(N2CCN(c3cccnn3)CC2)ncn1. The van der Waals surface area contributed by atoms with Crippen LogP contribution in [0.4, 0.5) is 17.5 Å². The van der Waals surface area contributed by atoms with Gasteiger partial charge in [0.15, 0.2) is 5.82 Å². The van der Waals surface area contributed by atoms with Gasteiger partial charge in [0.05, 0.1) is 12.6 Å². The fraction of sp³-hybridized carbons (Fsp3) is 0.529. The van der Waals surface area contributed by atoms with Crippen molar-refractivity contribution in [3.05, 3.63) is 30.7 Å². The maximum Gasteiger partial charge on any atom is 0.151 e. The van der Waals surface area contributed by atoms with E-state index in [2.05, 4.69) is 34.9 Å². The fourth-order valence-electron chi connectivity index (χ4n) is 3.62. The second kappa shape index (κ2) is 7.18. The summed E-state index contributed by atoms with van der Waals surface area (Å²) in [5.41, 5.74) is 0. The molecular formula is C17H23N7O. The molecule has 2 aliphatic rings. The molecule has 2 fully saturated rings. The first-order valence-corrected chi connectivity index (χ1v) is 8.82. The second-order valence-electron chi connectivity index (χ2n) is 6.46. The van der Waals surface area contributed by atoms with Gasteiger partial charge in [-0.1, -0.05) is 0 Å². The van der Waals surface area contributed by atoms with Gasteiger partial charge in [-0.2, -0.15) is 5.10 Å². The summed E-state index contributed by atoms with van der Waals surface area (Å²) in [5, 5.41) is 17.7. The van der Waals surface area contributed by atoms with Crippen molar-refractivity contribution >= 4 is 17.5 Å². The zero-order valence-electron chi connectivity index (χ0n) is 14.2. The number of hydrogen-bond donors (Lipinski definition) is 1. The van der Waals surface area contributed by atoms with Crippen LogP contribution < -0.4 is 14.7 Å². The number of aromatic nitrogens is 4. The average Bonchev–Trinajstić information content (AvgIpc) is 3.18. The summed E-state index contributed by atoms with van der Waals surface area (Å²) in [6, 6.07) is 6.13. The van der Waals surface area contributed by atoms with E-state index in [4.69, 9.17) is 0 Å². The lowest BCUT2D eigenvalue weighted by molar-refractivity contribution is 0.266. The lowest BCUT2D eigenvalue weighted by Gasteiger charge is -2.36. The van der Waals surface area contributed by atoms with Crippen LogP contribution in [0.1, 0.15) is 12.8 Å². The van der Waals surface area contributed by atoms with E-state index in [0.29, 0.717) is 0 Å². The third-order valence-corrected chi connectivity index (χ3v) is 5.01. The molecule has 0 amide bonds.